The molecule has 17 heavy (non-hydrogen) atoms. The Morgan fingerprint density at radius 1 is 1.24 bits per heavy atom. The maximum Gasteiger partial charge on any atom is 0.363 e. The van der Waals surface area contributed by atoms with Crippen LogP contribution in [0.5, 0.6) is 11.5 Å². The highest BCUT2D eigenvalue weighted by atomic mass is 35.5. The van der Waals surface area contributed by atoms with Gasteiger partial charge in [0, 0.05) is 6.07 Å². The summed E-state index contributed by atoms with van der Waals surface area (Å²) in [6.07, 6.45) is 1.28. The number of pyridine rings is 1. The van der Waals surface area contributed by atoms with Crippen molar-refractivity contribution in [3.05, 3.63) is 57.7 Å². The number of ether oxygens (including phenoxy) is 1. The van der Waals surface area contributed by atoms with Gasteiger partial charge in [-0.25, -0.2) is 0 Å². The van der Waals surface area contributed by atoms with Crippen LogP contribution in [0.1, 0.15) is 0 Å². The van der Waals surface area contributed by atoms with Gasteiger partial charge in [-0.2, -0.15) is 0 Å². The smallest absolute Gasteiger partial charge is 0.363 e. The largest absolute Gasteiger partial charge is 0.452 e. The standard InChI is InChI=1S/C11H7ClN2O3/c12-9-3-1-2-4-10(9)17-8-5-6-11(13-7-8)14(15)16/h1-7H. The molecule has 1 aromatic carbocycles. The molecule has 6 heteroatoms. The van der Waals surface area contributed by atoms with E-state index >= 15 is 0 Å². The van der Waals surface area contributed by atoms with Crippen LogP contribution in [0.15, 0.2) is 42.6 Å². The SMILES string of the molecule is O=[N+]([O-])c1ccc(Oc2ccccc2Cl)cn1. The Balaban J connectivity index is 2.20. The molecule has 2 rings (SSSR count). The van der Waals surface area contributed by atoms with E-state index in [9.17, 15) is 10.1 Å². The van der Waals surface area contributed by atoms with Gasteiger partial charge in [0.1, 0.15) is 5.75 Å². The molecule has 1 aromatic heterocycles. The molecule has 0 aliphatic rings. The molecule has 0 N–H and O–H groups in total. The van der Waals surface area contributed by atoms with Crippen LogP contribution in [0.3, 0.4) is 0 Å². The normalized spacial score (nSPS) is 9.94. The van der Waals surface area contributed by atoms with Crippen LogP contribution in [-0.4, -0.2) is 9.91 Å². The molecule has 1 heterocycles. The van der Waals surface area contributed by atoms with Gasteiger partial charge in [-0.1, -0.05) is 23.7 Å². The quantitative estimate of drug-likeness (QED) is 0.618. The number of hydrogen-bond donors (Lipinski definition) is 0. The molecule has 0 atom stereocenters. The van der Waals surface area contributed by atoms with Crippen molar-refractivity contribution in [2.24, 2.45) is 0 Å². The lowest BCUT2D eigenvalue weighted by Gasteiger charge is -2.04. The summed E-state index contributed by atoms with van der Waals surface area (Å²) in [6.45, 7) is 0. The minimum atomic E-state index is -0.570. The number of nitro groups is 1. The van der Waals surface area contributed by atoms with Crippen molar-refractivity contribution in [2.45, 2.75) is 0 Å². The Bertz CT molecular complexity index is 543. The zero-order chi connectivity index (χ0) is 12.3. The average molecular weight is 251 g/mol. The van der Waals surface area contributed by atoms with Crippen molar-refractivity contribution >= 4 is 17.4 Å². The first-order chi connectivity index (χ1) is 8.16. The molecule has 0 radical (unpaired) electrons. The second-order valence-corrected chi connectivity index (χ2v) is 3.55. The van der Waals surface area contributed by atoms with Crippen LogP contribution < -0.4 is 4.74 Å². The minimum absolute atomic E-state index is 0.225. The van der Waals surface area contributed by atoms with Crippen LogP contribution in [0.25, 0.3) is 0 Å². The van der Waals surface area contributed by atoms with E-state index in [1.165, 1.54) is 18.3 Å². The number of aromatic nitrogens is 1. The zero-order valence-electron chi connectivity index (χ0n) is 8.54. The molecule has 86 valence electrons. The third-order valence-electron chi connectivity index (χ3n) is 1.97. The Morgan fingerprint density at radius 2 is 2.00 bits per heavy atom. The topological polar surface area (TPSA) is 65.3 Å². The van der Waals surface area contributed by atoms with Gasteiger partial charge >= 0.3 is 5.82 Å². The second-order valence-electron chi connectivity index (χ2n) is 3.14. The first kappa shape index (κ1) is 11.3. The van der Waals surface area contributed by atoms with Gasteiger partial charge in [-0.3, -0.25) is 0 Å². The lowest BCUT2D eigenvalue weighted by atomic mass is 10.3. The average Bonchev–Trinajstić information content (AvgIpc) is 2.33. The molecule has 0 fully saturated rings. The molecule has 0 aliphatic heterocycles. The summed E-state index contributed by atoms with van der Waals surface area (Å²) in [5, 5.41) is 10.9. The predicted octanol–water partition coefficient (Wildman–Crippen LogP) is 3.44. The van der Waals surface area contributed by atoms with Crippen LogP contribution in [0.4, 0.5) is 5.82 Å². The van der Waals surface area contributed by atoms with E-state index in [1.807, 2.05) is 0 Å². The van der Waals surface area contributed by atoms with E-state index < -0.39 is 4.92 Å². The summed E-state index contributed by atoms with van der Waals surface area (Å²) in [5.41, 5.74) is 0. The fourth-order valence-corrected chi connectivity index (χ4v) is 1.37. The van der Waals surface area contributed by atoms with E-state index in [1.54, 1.807) is 24.3 Å². The van der Waals surface area contributed by atoms with Gasteiger partial charge < -0.3 is 14.9 Å². The number of hydrogen-bond acceptors (Lipinski definition) is 4. The molecular formula is C11H7ClN2O3. The highest BCUT2D eigenvalue weighted by Gasteiger charge is 2.08. The Labute approximate surface area is 102 Å². The Morgan fingerprint density at radius 3 is 2.59 bits per heavy atom. The highest BCUT2D eigenvalue weighted by Crippen LogP contribution is 2.28. The van der Waals surface area contributed by atoms with Gasteiger partial charge in [-0.05, 0) is 28.1 Å². The van der Waals surface area contributed by atoms with Gasteiger partial charge in [0.2, 0.25) is 0 Å². The van der Waals surface area contributed by atoms with Crippen molar-refractivity contribution in [1.82, 2.24) is 4.98 Å². The third kappa shape index (κ3) is 2.70. The van der Waals surface area contributed by atoms with E-state index in [0.29, 0.717) is 16.5 Å². The second kappa shape index (κ2) is 4.80. The fourth-order valence-electron chi connectivity index (χ4n) is 1.20. The number of benzene rings is 1. The van der Waals surface area contributed by atoms with Crippen molar-refractivity contribution < 1.29 is 9.66 Å². The van der Waals surface area contributed by atoms with Crippen molar-refractivity contribution in [1.29, 1.82) is 0 Å². The Kier molecular flexibility index (Phi) is 3.20. The van der Waals surface area contributed by atoms with Gasteiger partial charge in [-0.15, -0.1) is 0 Å². The first-order valence-corrected chi connectivity index (χ1v) is 5.07. The van der Waals surface area contributed by atoms with Crippen LogP contribution in [0, 0.1) is 10.1 Å². The highest BCUT2D eigenvalue weighted by molar-refractivity contribution is 6.32. The summed E-state index contributed by atoms with van der Waals surface area (Å²) >= 11 is 5.90. The molecule has 5 nitrogen and oxygen atoms in total. The van der Waals surface area contributed by atoms with E-state index in [-0.39, 0.29) is 5.82 Å². The summed E-state index contributed by atoms with van der Waals surface area (Å²) in [6, 6.07) is 9.68. The van der Waals surface area contributed by atoms with Gasteiger partial charge in [0.15, 0.2) is 11.9 Å². The Hall–Kier alpha value is -2.14. The van der Waals surface area contributed by atoms with E-state index in [0.717, 1.165) is 0 Å². The van der Waals surface area contributed by atoms with E-state index in [4.69, 9.17) is 16.3 Å². The molecule has 0 saturated carbocycles. The molecule has 0 saturated heterocycles. The molecule has 0 unspecified atom stereocenters. The number of rotatable bonds is 3. The maximum absolute atomic E-state index is 10.4. The van der Waals surface area contributed by atoms with Crippen LogP contribution >= 0.6 is 11.6 Å². The van der Waals surface area contributed by atoms with Crippen molar-refractivity contribution in [2.75, 3.05) is 0 Å². The van der Waals surface area contributed by atoms with Crippen LogP contribution in [0.2, 0.25) is 5.02 Å². The fraction of sp³-hybridized carbons (Fsp3) is 0. The lowest BCUT2D eigenvalue weighted by Crippen LogP contribution is -1.92. The molecule has 0 spiro atoms. The number of nitrogens with zero attached hydrogens (tertiary/aromatic N) is 2. The number of para-hydroxylation sites is 1. The molecule has 0 aliphatic carbocycles. The first-order valence-electron chi connectivity index (χ1n) is 4.69. The molecular weight excluding hydrogens is 244 g/mol. The lowest BCUT2D eigenvalue weighted by molar-refractivity contribution is -0.389. The predicted molar refractivity (Wildman–Crippen MR) is 62.4 cm³/mol. The van der Waals surface area contributed by atoms with Crippen molar-refractivity contribution in [3.63, 3.8) is 0 Å². The number of halogens is 1. The summed E-state index contributed by atoms with van der Waals surface area (Å²) in [5.74, 6) is 0.644. The molecule has 2 aromatic rings. The maximum atomic E-state index is 10.4. The summed E-state index contributed by atoms with van der Waals surface area (Å²) < 4.78 is 5.43. The summed E-state index contributed by atoms with van der Waals surface area (Å²) in [4.78, 5) is 13.5. The van der Waals surface area contributed by atoms with Crippen LogP contribution in [-0.2, 0) is 0 Å². The molecule has 0 bridgehead atoms. The minimum Gasteiger partial charge on any atom is -0.452 e. The van der Waals surface area contributed by atoms with E-state index in [2.05, 4.69) is 4.98 Å². The van der Waals surface area contributed by atoms with Crippen molar-refractivity contribution in [3.8, 4) is 11.5 Å². The summed E-state index contributed by atoms with van der Waals surface area (Å²) in [7, 11) is 0. The van der Waals surface area contributed by atoms with Gasteiger partial charge in [0.05, 0.1) is 5.02 Å². The monoisotopic (exact) mass is 250 g/mol. The van der Waals surface area contributed by atoms with Gasteiger partial charge in [0.25, 0.3) is 0 Å². The zero-order valence-corrected chi connectivity index (χ0v) is 9.29. The molecule has 0 amide bonds. The third-order valence-corrected chi connectivity index (χ3v) is 2.28.